The molecule has 0 N–H and O–H groups in total. The van der Waals surface area contributed by atoms with E-state index < -0.39 is 0 Å². The number of anilines is 2. The summed E-state index contributed by atoms with van der Waals surface area (Å²) >= 11 is 11.7. The largest absolute Gasteiger partial charge is 0.372 e. The molecule has 40 heavy (non-hydrogen) atoms. The zero-order valence-electron chi connectivity index (χ0n) is 23.8. The van der Waals surface area contributed by atoms with E-state index >= 15 is 0 Å². The Kier molecular flexibility index (Phi) is 12.8. The molecule has 208 valence electrons. The maximum Gasteiger partial charge on any atom is 0.0630 e. The third kappa shape index (κ3) is 9.86. The van der Waals surface area contributed by atoms with Crippen LogP contribution >= 0.6 is 23.2 Å². The molecule has 0 saturated carbocycles. The van der Waals surface area contributed by atoms with Gasteiger partial charge in [-0.3, -0.25) is 9.98 Å². The lowest BCUT2D eigenvalue weighted by Gasteiger charge is -2.20. The van der Waals surface area contributed by atoms with Crippen molar-refractivity contribution in [3.05, 3.63) is 118 Å². The summed E-state index contributed by atoms with van der Waals surface area (Å²) in [6, 6.07) is 31.9. The van der Waals surface area contributed by atoms with Crippen molar-refractivity contribution in [3.63, 3.8) is 0 Å². The molecule has 0 unspecified atom stereocenters. The van der Waals surface area contributed by atoms with Gasteiger partial charge in [0.15, 0.2) is 0 Å². The summed E-state index contributed by atoms with van der Waals surface area (Å²) in [4.78, 5) is 13.5. The minimum Gasteiger partial charge on any atom is -0.372 e. The lowest BCUT2D eigenvalue weighted by molar-refractivity contribution is 0.866. The first-order valence-electron chi connectivity index (χ1n) is 13.7. The van der Waals surface area contributed by atoms with Gasteiger partial charge < -0.3 is 9.80 Å². The molecule has 4 nitrogen and oxygen atoms in total. The number of rotatable bonds is 10. The third-order valence-electron chi connectivity index (χ3n) is 6.42. The SMILES string of the molecule is CCN(CC)c1ccc(C=Nc2ccc(Cl)cc2)cc1.CCN(CC)c1ccc(C=Nc2ccc(Cl)cc2)cc1. The fraction of sp³-hybridized carbons (Fsp3) is 0.235. The maximum atomic E-state index is 5.85. The highest BCUT2D eigenvalue weighted by molar-refractivity contribution is 6.30. The van der Waals surface area contributed by atoms with Gasteiger partial charge in [-0.2, -0.15) is 0 Å². The second kappa shape index (κ2) is 16.5. The van der Waals surface area contributed by atoms with Crippen molar-refractivity contribution in [3.8, 4) is 0 Å². The summed E-state index contributed by atoms with van der Waals surface area (Å²) < 4.78 is 0. The van der Waals surface area contributed by atoms with Crippen molar-refractivity contribution in [2.45, 2.75) is 27.7 Å². The van der Waals surface area contributed by atoms with E-state index in [1.165, 1.54) is 11.4 Å². The molecule has 0 aliphatic rings. The van der Waals surface area contributed by atoms with E-state index in [0.717, 1.165) is 58.7 Å². The van der Waals surface area contributed by atoms with E-state index in [-0.39, 0.29) is 0 Å². The van der Waals surface area contributed by atoms with Crippen LogP contribution in [-0.4, -0.2) is 38.6 Å². The van der Waals surface area contributed by atoms with Crippen LogP contribution in [0, 0.1) is 0 Å². The maximum absolute atomic E-state index is 5.85. The van der Waals surface area contributed by atoms with Crippen molar-refractivity contribution < 1.29 is 0 Å². The van der Waals surface area contributed by atoms with Gasteiger partial charge in [-0.25, -0.2) is 0 Å². The van der Waals surface area contributed by atoms with Gasteiger partial charge >= 0.3 is 0 Å². The van der Waals surface area contributed by atoms with Crippen LogP contribution in [0.1, 0.15) is 38.8 Å². The zero-order chi connectivity index (χ0) is 28.7. The van der Waals surface area contributed by atoms with Gasteiger partial charge in [-0.05, 0) is 112 Å². The number of hydrogen-bond acceptors (Lipinski definition) is 4. The molecule has 0 aliphatic heterocycles. The molecule has 4 aromatic rings. The van der Waals surface area contributed by atoms with E-state index in [2.05, 4.69) is 96.0 Å². The molecule has 6 heteroatoms. The fourth-order valence-corrected chi connectivity index (χ4v) is 4.32. The summed E-state index contributed by atoms with van der Waals surface area (Å²) in [6.07, 6.45) is 3.74. The molecular formula is C34H38Cl2N4. The Labute approximate surface area is 249 Å². The molecule has 0 atom stereocenters. The molecule has 0 heterocycles. The normalized spacial score (nSPS) is 10.9. The summed E-state index contributed by atoms with van der Waals surface area (Å²) in [5.74, 6) is 0. The van der Waals surface area contributed by atoms with Crippen molar-refractivity contribution in [2.24, 2.45) is 9.98 Å². The van der Waals surface area contributed by atoms with E-state index in [1.54, 1.807) is 0 Å². The number of nitrogens with zero attached hydrogens (tertiary/aromatic N) is 4. The van der Waals surface area contributed by atoms with E-state index in [0.29, 0.717) is 0 Å². The highest BCUT2D eigenvalue weighted by Gasteiger charge is 2.01. The predicted molar refractivity (Wildman–Crippen MR) is 177 cm³/mol. The van der Waals surface area contributed by atoms with Gasteiger partial charge in [0, 0.05) is 60.0 Å². The molecule has 0 spiro atoms. The highest BCUT2D eigenvalue weighted by Crippen LogP contribution is 2.19. The summed E-state index contributed by atoms with van der Waals surface area (Å²) in [6.45, 7) is 12.8. The molecule has 4 rings (SSSR count). The van der Waals surface area contributed by atoms with E-state index in [9.17, 15) is 0 Å². The van der Waals surface area contributed by atoms with E-state index in [4.69, 9.17) is 23.2 Å². The van der Waals surface area contributed by atoms with Gasteiger partial charge in [0.05, 0.1) is 11.4 Å². The van der Waals surface area contributed by atoms with Crippen LogP contribution < -0.4 is 9.80 Å². The third-order valence-corrected chi connectivity index (χ3v) is 6.93. The number of aliphatic imine (C=N–C) groups is 2. The van der Waals surface area contributed by atoms with Crippen LogP contribution in [0.2, 0.25) is 10.0 Å². The summed E-state index contributed by atoms with van der Waals surface area (Å²) in [7, 11) is 0. The molecule has 0 bridgehead atoms. The van der Waals surface area contributed by atoms with Gasteiger partial charge in [0.2, 0.25) is 0 Å². The monoisotopic (exact) mass is 572 g/mol. The molecular weight excluding hydrogens is 535 g/mol. The quantitative estimate of drug-likeness (QED) is 0.177. The minimum absolute atomic E-state index is 0.729. The Bertz CT molecular complexity index is 1220. The Balaban J connectivity index is 0.000000220. The standard InChI is InChI=1S/2C17H19ClN2/c2*1-3-20(4-2)17-11-5-14(6-12-17)13-19-16-9-7-15(18)8-10-16/h2*5-13H,3-4H2,1-2H3. The van der Waals surface area contributed by atoms with Crippen LogP contribution in [-0.2, 0) is 0 Å². The van der Waals surface area contributed by atoms with Gasteiger partial charge in [-0.15, -0.1) is 0 Å². The second-order valence-corrected chi connectivity index (χ2v) is 9.87. The van der Waals surface area contributed by atoms with Crippen molar-refractivity contribution in [1.29, 1.82) is 0 Å². The zero-order valence-corrected chi connectivity index (χ0v) is 25.3. The lowest BCUT2D eigenvalue weighted by Crippen LogP contribution is -2.21. The van der Waals surface area contributed by atoms with Crippen LogP contribution in [0.4, 0.5) is 22.7 Å². The first kappa shape index (κ1) is 30.9. The van der Waals surface area contributed by atoms with Gasteiger partial charge in [0.25, 0.3) is 0 Å². The second-order valence-electron chi connectivity index (χ2n) is 9.00. The Hall–Kier alpha value is -3.60. The number of halogens is 2. The molecule has 0 amide bonds. The van der Waals surface area contributed by atoms with E-state index in [1.807, 2.05) is 61.0 Å². The van der Waals surface area contributed by atoms with Crippen molar-refractivity contribution in [2.75, 3.05) is 36.0 Å². The Morgan fingerprint density at radius 2 is 0.775 bits per heavy atom. The fourth-order valence-electron chi connectivity index (χ4n) is 4.07. The first-order valence-corrected chi connectivity index (χ1v) is 14.5. The molecule has 0 fully saturated rings. The van der Waals surface area contributed by atoms with Crippen LogP contribution in [0.15, 0.2) is 107 Å². The minimum atomic E-state index is 0.729. The van der Waals surface area contributed by atoms with Crippen LogP contribution in [0.25, 0.3) is 0 Å². The number of benzene rings is 4. The molecule has 0 saturated heterocycles. The van der Waals surface area contributed by atoms with Crippen molar-refractivity contribution in [1.82, 2.24) is 0 Å². The molecule has 0 radical (unpaired) electrons. The average Bonchev–Trinajstić information content (AvgIpc) is 2.99. The Morgan fingerprint density at radius 3 is 1.05 bits per heavy atom. The van der Waals surface area contributed by atoms with Crippen LogP contribution in [0.5, 0.6) is 0 Å². The molecule has 0 aliphatic carbocycles. The molecule has 0 aromatic heterocycles. The smallest absolute Gasteiger partial charge is 0.0630 e. The topological polar surface area (TPSA) is 31.2 Å². The summed E-state index contributed by atoms with van der Waals surface area (Å²) in [5.41, 5.74) is 6.49. The van der Waals surface area contributed by atoms with Gasteiger partial charge in [0.1, 0.15) is 0 Å². The van der Waals surface area contributed by atoms with Gasteiger partial charge in [-0.1, -0.05) is 47.5 Å². The highest BCUT2D eigenvalue weighted by atomic mass is 35.5. The average molecular weight is 574 g/mol. The Morgan fingerprint density at radius 1 is 0.475 bits per heavy atom. The lowest BCUT2D eigenvalue weighted by atomic mass is 10.2. The molecule has 4 aromatic carbocycles. The van der Waals surface area contributed by atoms with Crippen molar-refractivity contribution >= 4 is 58.4 Å². The predicted octanol–water partition coefficient (Wildman–Crippen LogP) is 9.87. The first-order chi connectivity index (χ1) is 19.4. The summed E-state index contributed by atoms with van der Waals surface area (Å²) in [5, 5.41) is 1.46. The number of hydrogen-bond donors (Lipinski definition) is 0. The van der Waals surface area contributed by atoms with Crippen LogP contribution in [0.3, 0.4) is 0 Å².